The summed E-state index contributed by atoms with van der Waals surface area (Å²) in [6.45, 7) is 7.85. The maximum Gasteiger partial charge on any atom is 0.244 e. The third-order valence-corrected chi connectivity index (χ3v) is 6.77. The first-order chi connectivity index (χ1) is 16.5. The second kappa shape index (κ2) is 12.6. The van der Waals surface area contributed by atoms with Crippen LogP contribution in [0.4, 0.5) is 5.69 Å². The predicted molar refractivity (Wildman–Crippen MR) is 139 cm³/mol. The summed E-state index contributed by atoms with van der Waals surface area (Å²) in [7, 11) is -2.18. The fourth-order valence-electron chi connectivity index (χ4n) is 3.71. The maximum atomic E-state index is 13.7. The van der Waals surface area contributed by atoms with E-state index in [9.17, 15) is 18.0 Å². The summed E-state index contributed by atoms with van der Waals surface area (Å²) in [5.74, 6) is 0.214. The first-order valence-electron chi connectivity index (χ1n) is 11.7. The van der Waals surface area contributed by atoms with Crippen LogP contribution >= 0.6 is 0 Å². The number of aryl methyl sites for hydroxylation is 1. The molecule has 9 heteroatoms. The average molecular weight is 504 g/mol. The number of benzene rings is 2. The van der Waals surface area contributed by atoms with Crippen molar-refractivity contribution in [3.63, 3.8) is 0 Å². The number of nitrogens with zero attached hydrogens (tertiary/aromatic N) is 2. The number of ether oxygens (including phenoxy) is 1. The van der Waals surface area contributed by atoms with Gasteiger partial charge in [-0.15, -0.1) is 0 Å². The van der Waals surface area contributed by atoms with E-state index in [1.54, 1.807) is 44.4 Å². The molecule has 0 aliphatic carbocycles. The summed E-state index contributed by atoms with van der Waals surface area (Å²) in [5.41, 5.74) is 1.97. The molecule has 0 saturated heterocycles. The lowest BCUT2D eigenvalue weighted by atomic mass is 10.1. The maximum absolute atomic E-state index is 13.7. The van der Waals surface area contributed by atoms with E-state index in [1.807, 2.05) is 39.0 Å². The van der Waals surface area contributed by atoms with E-state index >= 15 is 0 Å². The summed E-state index contributed by atoms with van der Waals surface area (Å²) in [6.07, 6.45) is 1.46. The standard InChI is InChI=1S/C26H37N3O5S/c1-7-23(26(31)27-16-19(2)3)28(17-21-12-14-22(34-5)15-13-21)25(30)18-29(35(6,32)33)24-11-9-8-10-20(24)4/h8-15,19,23H,7,16-18H2,1-6H3,(H,27,31)/t23-/m0/s1. The molecule has 0 bridgehead atoms. The zero-order valence-electron chi connectivity index (χ0n) is 21.4. The van der Waals surface area contributed by atoms with Crippen molar-refractivity contribution in [2.24, 2.45) is 5.92 Å². The van der Waals surface area contributed by atoms with Gasteiger partial charge in [0.2, 0.25) is 21.8 Å². The van der Waals surface area contributed by atoms with Gasteiger partial charge in [0.25, 0.3) is 0 Å². The number of carbonyl (C=O) groups is 2. The number of carbonyl (C=O) groups excluding carboxylic acids is 2. The van der Waals surface area contributed by atoms with Crippen LogP contribution in [0.1, 0.15) is 38.3 Å². The van der Waals surface area contributed by atoms with Gasteiger partial charge >= 0.3 is 0 Å². The molecule has 2 amide bonds. The molecular formula is C26H37N3O5S. The summed E-state index contributed by atoms with van der Waals surface area (Å²) < 4.78 is 31.7. The van der Waals surface area contributed by atoms with E-state index < -0.39 is 28.5 Å². The number of nitrogens with one attached hydrogen (secondary N) is 1. The number of hydrogen-bond acceptors (Lipinski definition) is 5. The molecule has 0 fully saturated rings. The molecule has 2 rings (SSSR count). The van der Waals surface area contributed by atoms with Crippen molar-refractivity contribution >= 4 is 27.5 Å². The Morgan fingerprint density at radius 3 is 2.20 bits per heavy atom. The van der Waals surface area contributed by atoms with Crippen LogP contribution < -0.4 is 14.4 Å². The minimum atomic E-state index is -3.76. The second-order valence-corrected chi connectivity index (χ2v) is 10.9. The molecule has 35 heavy (non-hydrogen) atoms. The third-order valence-electron chi connectivity index (χ3n) is 5.65. The lowest BCUT2D eigenvalue weighted by Gasteiger charge is -2.33. The molecule has 1 atom stereocenters. The van der Waals surface area contributed by atoms with E-state index in [2.05, 4.69) is 5.32 Å². The first-order valence-corrected chi connectivity index (χ1v) is 13.6. The molecule has 0 radical (unpaired) electrons. The van der Waals surface area contributed by atoms with Crippen LogP contribution in [0.3, 0.4) is 0 Å². The van der Waals surface area contributed by atoms with Gasteiger partial charge in [0.15, 0.2) is 0 Å². The van der Waals surface area contributed by atoms with Crippen LogP contribution in [0.25, 0.3) is 0 Å². The van der Waals surface area contributed by atoms with Gasteiger partial charge in [0, 0.05) is 13.1 Å². The Kier molecular flexibility index (Phi) is 10.1. The molecule has 0 aromatic heterocycles. The molecule has 192 valence electrons. The molecule has 0 saturated carbocycles. The average Bonchev–Trinajstić information content (AvgIpc) is 2.81. The summed E-state index contributed by atoms with van der Waals surface area (Å²) in [4.78, 5) is 28.2. The molecule has 0 aliphatic rings. The Labute approximate surface area is 209 Å². The minimum absolute atomic E-state index is 0.155. The van der Waals surface area contributed by atoms with E-state index in [4.69, 9.17) is 4.74 Å². The van der Waals surface area contributed by atoms with E-state index in [0.29, 0.717) is 24.4 Å². The Morgan fingerprint density at radius 2 is 1.69 bits per heavy atom. The van der Waals surface area contributed by atoms with Gasteiger partial charge in [-0.05, 0) is 48.6 Å². The van der Waals surface area contributed by atoms with Gasteiger partial charge in [0.05, 0.1) is 19.1 Å². The monoisotopic (exact) mass is 503 g/mol. The van der Waals surface area contributed by atoms with Gasteiger partial charge in [-0.25, -0.2) is 8.42 Å². The van der Waals surface area contributed by atoms with Crippen LogP contribution in [0.5, 0.6) is 5.75 Å². The van der Waals surface area contributed by atoms with Gasteiger partial charge in [0.1, 0.15) is 18.3 Å². The molecule has 0 spiro atoms. The number of amides is 2. The molecule has 0 aliphatic heterocycles. The molecule has 2 aromatic rings. The molecule has 8 nitrogen and oxygen atoms in total. The van der Waals surface area contributed by atoms with Crippen molar-refractivity contribution < 1.29 is 22.7 Å². The largest absolute Gasteiger partial charge is 0.497 e. The van der Waals surface area contributed by atoms with Gasteiger partial charge in [-0.3, -0.25) is 13.9 Å². The fraction of sp³-hybridized carbons (Fsp3) is 0.462. The highest BCUT2D eigenvalue weighted by Crippen LogP contribution is 2.23. The number of para-hydroxylation sites is 1. The lowest BCUT2D eigenvalue weighted by Crippen LogP contribution is -2.52. The van der Waals surface area contributed by atoms with Crippen LogP contribution in [0, 0.1) is 12.8 Å². The van der Waals surface area contributed by atoms with Crippen molar-refractivity contribution in [2.75, 3.05) is 30.8 Å². The second-order valence-electron chi connectivity index (χ2n) is 8.99. The van der Waals surface area contributed by atoms with E-state index in [0.717, 1.165) is 21.7 Å². The summed E-state index contributed by atoms with van der Waals surface area (Å²) in [5, 5.41) is 2.91. The van der Waals surface area contributed by atoms with Gasteiger partial charge in [-0.1, -0.05) is 51.1 Å². The van der Waals surface area contributed by atoms with Crippen molar-refractivity contribution in [1.29, 1.82) is 0 Å². The van der Waals surface area contributed by atoms with Crippen LogP contribution in [0.2, 0.25) is 0 Å². The molecule has 0 heterocycles. The lowest BCUT2D eigenvalue weighted by molar-refractivity contribution is -0.140. The van der Waals surface area contributed by atoms with E-state index in [-0.39, 0.29) is 18.4 Å². The summed E-state index contributed by atoms with van der Waals surface area (Å²) in [6, 6.07) is 13.5. The predicted octanol–water partition coefficient (Wildman–Crippen LogP) is 3.35. The van der Waals surface area contributed by atoms with Gasteiger partial charge in [-0.2, -0.15) is 0 Å². The Morgan fingerprint density at radius 1 is 1.06 bits per heavy atom. The van der Waals surface area contributed by atoms with Crippen LogP contribution in [0.15, 0.2) is 48.5 Å². The number of anilines is 1. The fourth-order valence-corrected chi connectivity index (χ4v) is 4.61. The van der Waals surface area contributed by atoms with Crippen molar-refractivity contribution in [3.05, 3.63) is 59.7 Å². The van der Waals surface area contributed by atoms with Crippen LogP contribution in [-0.2, 0) is 26.2 Å². The highest BCUT2D eigenvalue weighted by Gasteiger charge is 2.32. The molecular weight excluding hydrogens is 466 g/mol. The SMILES string of the molecule is CC[C@@H](C(=O)NCC(C)C)N(Cc1ccc(OC)cc1)C(=O)CN(c1ccccc1C)S(C)(=O)=O. The molecule has 1 N–H and O–H groups in total. The molecule has 2 aromatic carbocycles. The Balaban J connectivity index is 2.42. The molecule has 0 unspecified atom stereocenters. The number of sulfonamides is 1. The number of rotatable bonds is 12. The zero-order valence-corrected chi connectivity index (χ0v) is 22.3. The van der Waals surface area contributed by atoms with E-state index in [1.165, 1.54) is 4.90 Å². The number of hydrogen-bond donors (Lipinski definition) is 1. The van der Waals surface area contributed by atoms with Crippen molar-refractivity contribution in [3.8, 4) is 5.75 Å². The van der Waals surface area contributed by atoms with Crippen molar-refractivity contribution in [1.82, 2.24) is 10.2 Å². The summed E-state index contributed by atoms with van der Waals surface area (Å²) >= 11 is 0. The minimum Gasteiger partial charge on any atom is -0.497 e. The zero-order chi connectivity index (χ0) is 26.2. The Hall–Kier alpha value is -3.07. The highest BCUT2D eigenvalue weighted by molar-refractivity contribution is 7.92. The third kappa shape index (κ3) is 7.99. The topological polar surface area (TPSA) is 96.0 Å². The quantitative estimate of drug-likeness (QED) is 0.479. The van der Waals surface area contributed by atoms with Crippen LogP contribution in [-0.4, -0.2) is 57.6 Å². The normalized spacial score (nSPS) is 12.2. The smallest absolute Gasteiger partial charge is 0.244 e. The first kappa shape index (κ1) is 28.2. The van der Waals surface area contributed by atoms with Gasteiger partial charge < -0.3 is 15.0 Å². The number of methoxy groups -OCH3 is 1. The highest BCUT2D eigenvalue weighted by atomic mass is 32.2. The van der Waals surface area contributed by atoms with Crippen molar-refractivity contribution in [2.45, 2.75) is 46.7 Å². The Bertz CT molecular complexity index is 1100.